The number of benzene rings is 1. The van der Waals surface area contributed by atoms with Crippen molar-refractivity contribution < 1.29 is 4.74 Å². The van der Waals surface area contributed by atoms with Crippen LogP contribution in [0, 0.1) is 17.2 Å². The van der Waals surface area contributed by atoms with E-state index in [2.05, 4.69) is 35.3 Å². The number of nitriles is 1. The fourth-order valence-electron chi connectivity index (χ4n) is 2.89. The van der Waals surface area contributed by atoms with Crippen LogP contribution in [0.2, 0.25) is 0 Å². The summed E-state index contributed by atoms with van der Waals surface area (Å²) in [7, 11) is 1.75. The minimum Gasteiger partial charge on any atom is -0.384 e. The fourth-order valence-corrected chi connectivity index (χ4v) is 2.89. The molecule has 0 aromatic heterocycles. The normalized spacial score (nSPS) is 18.0. The molecule has 1 fully saturated rings. The molecule has 0 bridgehead atoms. The zero-order valence-corrected chi connectivity index (χ0v) is 13.1. The summed E-state index contributed by atoms with van der Waals surface area (Å²) in [5.41, 5.74) is 3.02. The van der Waals surface area contributed by atoms with Crippen molar-refractivity contribution in [2.24, 2.45) is 5.92 Å². The predicted molar refractivity (Wildman–Crippen MR) is 85.4 cm³/mol. The van der Waals surface area contributed by atoms with E-state index in [1.165, 1.54) is 5.56 Å². The Morgan fingerprint density at radius 3 is 3.05 bits per heavy atom. The van der Waals surface area contributed by atoms with Gasteiger partial charge in [-0.15, -0.1) is 0 Å². The summed E-state index contributed by atoms with van der Waals surface area (Å²) >= 11 is 0. The number of nitrogens with zero attached hydrogens (tertiary/aromatic N) is 2. The summed E-state index contributed by atoms with van der Waals surface area (Å²) in [4.78, 5) is 2.31. The first kappa shape index (κ1) is 15.8. The number of hydrogen-bond donors (Lipinski definition) is 1. The molecule has 0 spiro atoms. The summed E-state index contributed by atoms with van der Waals surface area (Å²) < 4.78 is 5.24. The quantitative estimate of drug-likeness (QED) is 0.783. The Balaban J connectivity index is 2.05. The summed E-state index contributed by atoms with van der Waals surface area (Å²) in [6, 6.07) is 8.59. The Hall–Kier alpha value is -1.57. The summed E-state index contributed by atoms with van der Waals surface area (Å²) in [6.45, 7) is 6.79. The van der Waals surface area contributed by atoms with E-state index in [0.29, 0.717) is 5.92 Å². The van der Waals surface area contributed by atoms with Gasteiger partial charge in [0.25, 0.3) is 0 Å². The second kappa shape index (κ2) is 8.02. The molecule has 0 aliphatic carbocycles. The Morgan fingerprint density at radius 2 is 2.33 bits per heavy atom. The molecular formula is C17H25N3O. The van der Waals surface area contributed by atoms with Gasteiger partial charge in [0.1, 0.15) is 6.07 Å². The highest BCUT2D eigenvalue weighted by Crippen LogP contribution is 2.27. The first-order valence-electron chi connectivity index (χ1n) is 7.76. The monoisotopic (exact) mass is 287 g/mol. The van der Waals surface area contributed by atoms with Gasteiger partial charge in [-0.1, -0.05) is 13.0 Å². The third-order valence-corrected chi connectivity index (χ3v) is 3.97. The lowest BCUT2D eigenvalue weighted by Gasteiger charge is -2.20. The van der Waals surface area contributed by atoms with Crippen LogP contribution in [0.15, 0.2) is 18.2 Å². The lowest BCUT2D eigenvalue weighted by molar-refractivity contribution is 0.161. The van der Waals surface area contributed by atoms with Gasteiger partial charge in [0.2, 0.25) is 0 Å². The zero-order valence-electron chi connectivity index (χ0n) is 13.1. The number of methoxy groups -OCH3 is 1. The zero-order chi connectivity index (χ0) is 15.1. The van der Waals surface area contributed by atoms with Crippen molar-refractivity contribution in [3.63, 3.8) is 0 Å². The van der Waals surface area contributed by atoms with Gasteiger partial charge in [0.15, 0.2) is 0 Å². The van der Waals surface area contributed by atoms with Crippen LogP contribution in [0.1, 0.15) is 30.9 Å². The second-order valence-electron chi connectivity index (χ2n) is 5.70. The van der Waals surface area contributed by atoms with Crippen LogP contribution in [0.5, 0.6) is 0 Å². The molecule has 1 saturated heterocycles. The molecule has 1 unspecified atom stereocenters. The molecule has 4 heteroatoms. The number of nitrogens with one attached hydrogen (secondary N) is 1. The van der Waals surface area contributed by atoms with Crippen LogP contribution in [0.25, 0.3) is 0 Å². The topological polar surface area (TPSA) is 48.3 Å². The maximum absolute atomic E-state index is 9.42. The van der Waals surface area contributed by atoms with Crippen molar-refractivity contribution in [1.82, 2.24) is 5.32 Å². The average molecular weight is 287 g/mol. The van der Waals surface area contributed by atoms with E-state index in [1.807, 2.05) is 6.07 Å². The highest BCUT2D eigenvalue weighted by atomic mass is 16.5. The Labute approximate surface area is 127 Å². The first-order valence-corrected chi connectivity index (χ1v) is 7.76. The van der Waals surface area contributed by atoms with Crippen LogP contribution in [-0.2, 0) is 11.3 Å². The molecule has 1 N–H and O–H groups in total. The third-order valence-electron chi connectivity index (χ3n) is 3.97. The van der Waals surface area contributed by atoms with Gasteiger partial charge in [-0.2, -0.15) is 5.26 Å². The lowest BCUT2D eigenvalue weighted by atomic mass is 10.1. The van der Waals surface area contributed by atoms with E-state index < -0.39 is 0 Å². The molecule has 1 aromatic rings. The van der Waals surface area contributed by atoms with E-state index in [1.54, 1.807) is 7.11 Å². The molecule has 1 aliphatic heterocycles. The molecule has 4 nitrogen and oxygen atoms in total. The molecule has 2 rings (SSSR count). The predicted octanol–water partition coefficient (Wildman–Crippen LogP) is 2.53. The minimum absolute atomic E-state index is 0.576. The Morgan fingerprint density at radius 1 is 1.48 bits per heavy atom. The standard InChI is InChI=1S/C17H25N3O/c1-3-7-19-11-14-4-5-17(16(9-14)10-18)20-8-6-15(12-20)13-21-2/h4-5,9,15,19H,3,6-8,11-13H2,1-2H3. The van der Waals surface area contributed by atoms with Gasteiger partial charge in [-0.25, -0.2) is 0 Å². The molecule has 0 radical (unpaired) electrons. The number of ether oxygens (including phenoxy) is 1. The number of rotatable bonds is 7. The van der Waals surface area contributed by atoms with E-state index in [0.717, 1.165) is 56.9 Å². The largest absolute Gasteiger partial charge is 0.384 e. The molecular weight excluding hydrogens is 262 g/mol. The SMILES string of the molecule is CCCNCc1ccc(N2CCC(COC)C2)c(C#N)c1. The smallest absolute Gasteiger partial charge is 0.101 e. The van der Waals surface area contributed by atoms with Gasteiger partial charge >= 0.3 is 0 Å². The van der Waals surface area contributed by atoms with Crippen molar-refractivity contribution in [3.8, 4) is 6.07 Å². The molecule has 1 heterocycles. The molecule has 21 heavy (non-hydrogen) atoms. The highest BCUT2D eigenvalue weighted by Gasteiger charge is 2.24. The lowest BCUT2D eigenvalue weighted by Crippen LogP contribution is -2.22. The van der Waals surface area contributed by atoms with Gasteiger partial charge in [-0.05, 0) is 37.1 Å². The van der Waals surface area contributed by atoms with Crippen molar-refractivity contribution in [3.05, 3.63) is 29.3 Å². The third kappa shape index (κ3) is 4.20. The van der Waals surface area contributed by atoms with Gasteiger partial charge in [0.05, 0.1) is 17.9 Å². The van der Waals surface area contributed by atoms with Gasteiger partial charge in [0, 0.05) is 32.7 Å². The summed E-state index contributed by atoms with van der Waals surface area (Å²) in [5, 5.41) is 12.8. The highest BCUT2D eigenvalue weighted by molar-refractivity contribution is 5.61. The van der Waals surface area contributed by atoms with E-state index in [-0.39, 0.29) is 0 Å². The fraction of sp³-hybridized carbons (Fsp3) is 0.588. The molecule has 114 valence electrons. The molecule has 1 aliphatic rings. The summed E-state index contributed by atoms with van der Waals surface area (Å²) in [5.74, 6) is 0.576. The van der Waals surface area contributed by atoms with Gasteiger partial charge in [-0.3, -0.25) is 0 Å². The number of anilines is 1. The number of hydrogen-bond acceptors (Lipinski definition) is 4. The minimum atomic E-state index is 0.576. The Kier molecular flexibility index (Phi) is 6.04. The Bertz CT molecular complexity index is 495. The van der Waals surface area contributed by atoms with E-state index in [9.17, 15) is 5.26 Å². The van der Waals surface area contributed by atoms with Crippen LogP contribution in [0.3, 0.4) is 0 Å². The van der Waals surface area contributed by atoms with Crippen molar-refractivity contribution in [2.75, 3.05) is 38.3 Å². The maximum Gasteiger partial charge on any atom is 0.101 e. The molecule has 1 atom stereocenters. The second-order valence-corrected chi connectivity index (χ2v) is 5.70. The first-order chi connectivity index (χ1) is 10.3. The van der Waals surface area contributed by atoms with Crippen molar-refractivity contribution >= 4 is 5.69 Å². The molecule has 0 saturated carbocycles. The van der Waals surface area contributed by atoms with Crippen LogP contribution < -0.4 is 10.2 Å². The molecule has 0 amide bonds. The summed E-state index contributed by atoms with van der Waals surface area (Å²) in [6.07, 6.45) is 2.26. The van der Waals surface area contributed by atoms with Crippen LogP contribution >= 0.6 is 0 Å². The van der Waals surface area contributed by atoms with E-state index in [4.69, 9.17) is 4.74 Å². The maximum atomic E-state index is 9.42. The van der Waals surface area contributed by atoms with Crippen molar-refractivity contribution in [1.29, 1.82) is 5.26 Å². The van der Waals surface area contributed by atoms with Crippen LogP contribution in [0.4, 0.5) is 5.69 Å². The average Bonchev–Trinajstić information content (AvgIpc) is 2.96. The molecule has 1 aromatic carbocycles. The van der Waals surface area contributed by atoms with Gasteiger partial charge < -0.3 is 15.0 Å². The van der Waals surface area contributed by atoms with Crippen molar-refractivity contribution in [2.45, 2.75) is 26.3 Å². The van der Waals surface area contributed by atoms with E-state index >= 15 is 0 Å². The van der Waals surface area contributed by atoms with Crippen LogP contribution in [-0.4, -0.2) is 33.4 Å².